The Labute approximate surface area is 102 Å². The molecule has 1 aromatic carbocycles. The van der Waals surface area contributed by atoms with E-state index in [1.165, 1.54) is 0 Å². The molecule has 0 amide bonds. The maximum absolute atomic E-state index is 10.8. The third-order valence-electron chi connectivity index (χ3n) is 1.80. The van der Waals surface area contributed by atoms with E-state index in [0.717, 1.165) is 17.7 Å². The zero-order chi connectivity index (χ0) is 13.3. The molecule has 1 aromatic heterocycles. The summed E-state index contributed by atoms with van der Waals surface area (Å²) in [6.07, 6.45) is 0. The molecule has 0 fully saturated rings. The van der Waals surface area contributed by atoms with E-state index < -0.39 is 5.76 Å². The predicted octanol–water partition coefficient (Wildman–Crippen LogP) is 3.61. The molecule has 0 saturated carbocycles. The van der Waals surface area contributed by atoms with Crippen LogP contribution >= 0.6 is 0 Å². The van der Waals surface area contributed by atoms with Gasteiger partial charge in [0.15, 0.2) is 5.58 Å². The van der Waals surface area contributed by atoms with Crippen LogP contribution in [0.1, 0.15) is 34.6 Å². The van der Waals surface area contributed by atoms with Crippen LogP contribution in [-0.2, 0) is 0 Å². The van der Waals surface area contributed by atoms with Crippen LogP contribution in [0.15, 0.2) is 27.4 Å². The number of aromatic nitrogens is 1. The second-order valence-electron chi connectivity index (χ2n) is 2.76. The van der Waals surface area contributed by atoms with Crippen LogP contribution in [0.25, 0.3) is 11.1 Å². The Kier molecular flexibility index (Phi) is 7.59. The number of hydrogen-bond acceptors (Lipinski definition) is 3. The Morgan fingerprint density at radius 2 is 1.88 bits per heavy atom. The van der Waals surface area contributed by atoms with Gasteiger partial charge in [-0.1, -0.05) is 27.7 Å². The molecule has 2 aromatic rings. The predicted molar refractivity (Wildman–Crippen MR) is 73.7 cm³/mol. The van der Waals surface area contributed by atoms with E-state index in [0.29, 0.717) is 5.58 Å². The van der Waals surface area contributed by atoms with E-state index in [1.54, 1.807) is 6.07 Å². The average molecular weight is 238 g/mol. The van der Waals surface area contributed by atoms with Crippen molar-refractivity contribution >= 4 is 16.8 Å². The molecule has 0 radical (unpaired) electrons. The monoisotopic (exact) mass is 238 g/mol. The average Bonchev–Trinajstić information content (AvgIpc) is 2.74. The summed E-state index contributed by atoms with van der Waals surface area (Å²) in [5.74, 6) is -0.413. The number of H-pyrrole nitrogens is 1. The summed E-state index contributed by atoms with van der Waals surface area (Å²) in [7, 11) is 0. The fourth-order valence-corrected chi connectivity index (χ4v) is 1.27. The molecule has 4 heteroatoms. The fourth-order valence-electron chi connectivity index (χ4n) is 1.27. The first-order valence-electron chi connectivity index (χ1n) is 6.16. The van der Waals surface area contributed by atoms with Crippen LogP contribution in [0.4, 0.5) is 5.69 Å². The summed E-state index contributed by atoms with van der Waals surface area (Å²) >= 11 is 0. The minimum Gasteiger partial charge on any atom is -0.408 e. The Bertz CT molecular complexity index is 471. The van der Waals surface area contributed by atoms with E-state index in [-0.39, 0.29) is 0 Å². The van der Waals surface area contributed by atoms with Gasteiger partial charge >= 0.3 is 5.76 Å². The molecule has 0 bridgehead atoms. The molecule has 0 saturated heterocycles. The maximum atomic E-state index is 10.8. The highest BCUT2D eigenvalue weighted by molar-refractivity contribution is 5.76. The van der Waals surface area contributed by atoms with Gasteiger partial charge in [0.1, 0.15) is 0 Å². The van der Waals surface area contributed by atoms with E-state index in [4.69, 9.17) is 4.42 Å². The highest BCUT2D eigenvalue weighted by Gasteiger charge is 2.00. The van der Waals surface area contributed by atoms with E-state index in [2.05, 4.69) is 10.3 Å². The van der Waals surface area contributed by atoms with Gasteiger partial charge in [0.2, 0.25) is 0 Å². The molecule has 17 heavy (non-hydrogen) atoms. The molecule has 0 unspecified atom stereocenters. The summed E-state index contributed by atoms with van der Waals surface area (Å²) in [6.45, 7) is 10.9. The van der Waals surface area contributed by atoms with Crippen molar-refractivity contribution in [2.45, 2.75) is 34.6 Å². The van der Waals surface area contributed by atoms with Gasteiger partial charge in [-0.15, -0.1) is 0 Å². The van der Waals surface area contributed by atoms with Gasteiger partial charge in [-0.25, -0.2) is 4.79 Å². The first-order chi connectivity index (χ1) is 8.29. The summed E-state index contributed by atoms with van der Waals surface area (Å²) in [4.78, 5) is 13.4. The molecule has 0 atom stereocenters. The van der Waals surface area contributed by atoms with Crippen molar-refractivity contribution in [3.63, 3.8) is 0 Å². The van der Waals surface area contributed by atoms with Crippen LogP contribution in [-0.4, -0.2) is 11.5 Å². The standard InChI is InChI=1S/C9H10N2O2.2C2H6/c1-2-10-6-3-4-8-7(5-6)11-9(12)13-8;2*1-2/h3-5,10H,2H2,1H3,(H,11,12);2*1-2H3. The molecule has 0 spiro atoms. The summed E-state index contributed by atoms with van der Waals surface area (Å²) < 4.78 is 4.86. The Morgan fingerprint density at radius 3 is 2.47 bits per heavy atom. The quantitative estimate of drug-likeness (QED) is 0.840. The number of nitrogens with one attached hydrogen (secondary N) is 2. The third kappa shape index (κ3) is 4.34. The zero-order valence-corrected chi connectivity index (χ0v) is 11.3. The van der Waals surface area contributed by atoms with Crippen LogP contribution in [0.3, 0.4) is 0 Å². The largest absolute Gasteiger partial charge is 0.417 e. The fraction of sp³-hybridized carbons (Fsp3) is 0.462. The molecule has 96 valence electrons. The molecular weight excluding hydrogens is 216 g/mol. The van der Waals surface area contributed by atoms with E-state index >= 15 is 0 Å². The summed E-state index contributed by atoms with van der Waals surface area (Å²) in [5.41, 5.74) is 2.29. The van der Waals surface area contributed by atoms with Crippen molar-refractivity contribution in [2.24, 2.45) is 0 Å². The van der Waals surface area contributed by atoms with Crippen molar-refractivity contribution in [2.75, 3.05) is 11.9 Å². The van der Waals surface area contributed by atoms with Gasteiger partial charge in [0.25, 0.3) is 0 Å². The lowest BCUT2D eigenvalue weighted by molar-refractivity contribution is 0.555. The van der Waals surface area contributed by atoms with Crippen molar-refractivity contribution in [3.8, 4) is 0 Å². The lowest BCUT2D eigenvalue weighted by Gasteiger charge is -2.00. The lowest BCUT2D eigenvalue weighted by Crippen LogP contribution is -1.96. The van der Waals surface area contributed by atoms with Crippen molar-refractivity contribution in [3.05, 3.63) is 28.7 Å². The smallest absolute Gasteiger partial charge is 0.408 e. The highest BCUT2D eigenvalue weighted by atomic mass is 16.4. The number of rotatable bonds is 2. The van der Waals surface area contributed by atoms with Crippen molar-refractivity contribution in [1.82, 2.24) is 4.98 Å². The van der Waals surface area contributed by atoms with Gasteiger partial charge in [0, 0.05) is 12.2 Å². The van der Waals surface area contributed by atoms with Gasteiger partial charge in [-0.3, -0.25) is 4.98 Å². The Hall–Kier alpha value is -1.71. The first kappa shape index (κ1) is 15.3. The van der Waals surface area contributed by atoms with Crippen molar-refractivity contribution in [1.29, 1.82) is 0 Å². The molecule has 4 nitrogen and oxygen atoms in total. The van der Waals surface area contributed by atoms with Crippen LogP contribution in [0, 0.1) is 0 Å². The minimum absolute atomic E-state index is 0.413. The number of benzene rings is 1. The minimum atomic E-state index is -0.413. The number of hydrogen-bond donors (Lipinski definition) is 2. The number of aromatic amines is 1. The Balaban J connectivity index is 0.000000581. The number of oxazole rings is 1. The second kappa shape index (κ2) is 8.44. The van der Waals surface area contributed by atoms with Gasteiger partial charge in [-0.2, -0.15) is 0 Å². The Morgan fingerprint density at radius 1 is 1.24 bits per heavy atom. The second-order valence-corrected chi connectivity index (χ2v) is 2.76. The first-order valence-corrected chi connectivity index (χ1v) is 6.16. The molecule has 0 aliphatic rings. The van der Waals surface area contributed by atoms with Gasteiger partial charge in [-0.05, 0) is 25.1 Å². The number of fused-ring (bicyclic) bond motifs is 1. The summed E-state index contributed by atoms with van der Waals surface area (Å²) in [6, 6.07) is 5.50. The molecule has 1 heterocycles. The van der Waals surface area contributed by atoms with Crippen molar-refractivity contribution < 1.29 is 4.42 Å². The van der Waals surface area contributed by atoms with Crippen LogP contribution in [0.2, 0.25) is 0 Å². The van der Waals surface area contributed by atoms with E-state index in [9.17, 15) is 4.79 Å². The van der Waals surface area contributed by atoms with E-state index in [1.807, 2.05) is 46.8 Å². The molecular formula is C13H22N2O2. The molecule has 2 N–H and O–H groups in total. The highest BCUT2D eigenvalue weighted by Crippen LogP contribution is 2.15. The molecule has 0 aliphatic carbocycles. The third-order valence-corrected chi connectivity index (χ3v) is 1.80. The van der Waals surface area contributed by atoms with Crippen LogP contribution in [0.5, 0.6) is 0 Å². The lowest BCUT2D eigenvalue weighted by atomic mass is 10.3. The maximum Gasteiger partial charge on any atom is 0.417 e. The summed E-state index contributed by atoms with van der Waals surface area (Å²) in [5, 5.41) is 3.15. The molecule has 0 aliphatic heterocycles. The van der Waals surface area contributed by atoms with Crippen LogP contribution < -0.4 is 11.1 Å². The zero-order valence-electron chi connectivity index (χ0n) is 11.3. The van der Waals surface area contributed by atoms with Gasteiger partial charge < -0.3 is 9.73 Å². The number of anilines is 1. The van der Waals surface area contributed by atoms with Gasteiger partial charge in [0.05, 0.1) is 5.52 Å². The SMILES string of the molecule is CC.CC.CCNc1ccc2oc(=O)[nH]c2c1. The normalized spacial score (nSPS) is 8.76. The topological polar surface area (TPSA) is 58.0 Å². The molecule has 2 rings (SSSR count).